The second kappa shape index (κ2) is 9.17. The van der Waals surface area contributed by atoms with Gasteiger partial charge < -0.3 is 21.1 Å². The van der Waals surface area contributed by atoms with Gasteiger partial charge in [0, 0.05) is 16.9 Å². The molecular weight excluding hydrogens is 399 g/mol. The fourth-order valence-corrected chi connectivity index (χ4v) is 3.33. The third-order valence-corrected chi connectivity index (χ3v) is 4.88. The van der Waals surface area contributed by atoms with Crippen molar-refractivity contribution in [1.82, 2.24) is 5.32 Å². The molecule has 2 aromatic rings. The van der Waals surface area contributed by atoms with Gasteiger partial charge >= 0.3 is 12.2 Å². The molecule has 160 valence electrons. The number of alkyl halides is 3. The monoisotopic (exact) mass is 421 g/mol. The minimum absolute atomic E-state index is 0.0113. The van der Waals surface area contributed by atoms with Crippen LogP contribution < -0.4 is 16.0 Å². The van der Waals surface area contributed by atoms with Crippen molar-refractivity contribution in [2.24, 2.45) is 0 Å². The number of aliphatic hydroxyl groups excluding tert-OH is 1. The molecule has 2 unspecified atom stereocenters. The molecule has 1 aliphatic carbocycles. The fraction of sp³-hybridized carbons (Fsp3) is 0.333. The number of carbonyl (C=O) groups is 2. The third kappa shape index (κ3) is 5.73. The number of anilines is 2. The van der Waals surface area contributed by atoms with E-state index in [1.54, 1.807) is 12.1 Å². The van der Waals surface area contributed by atoms with Gasteiger partial charge in [0.1, 0.15) is 0 Å². The van der Waals surface area contributed by atoms with Crippen molar-refractivity contribution in [1.29, 1.82) is 0 Å². The van der Waals surface area contributed by atoms with Crippen molar-refractivity contribution in [3.05, 3.63) is 59.7 Å². The summed E-state index contributed by atoms with van der Waals surface area (Å²) < 4.78 is 38.5. The molecule has 0 saturated heterocycles. The molecule has 0 bridgehead atoms. The van der Waals surface area contributed by atoms with Crippen LogP contribution in [0.1, 0.15) is 41.6 Å². The normalized spacial score (nSPS) is 19.1. The van der Waals surface area contributed by atoms with E-state index in [9.17, 15) is 27.9 Å². The Hall–Kier alpha value is -3.07. The molecule has 0 heterocycles. The summed E-state index contributed by atoms with van der Waals surface area (Å²) >= 11 is 0. The van der Waals surface area contributed by atoms with Crippen LogP contribution in [0, 0.1) is 0 Å². The first kappa shape index (κ1) is 21.6. The van der Waals surface area contributed by atoms with Crippen molar-refractivity contribution in [3.63, 3.8) is 0 Å². The topological polar surface area (TPSA) is 90.5 Å². The Bertz CT molecular complexity index is 918. The fourth-order valence-electron chi connectivity index (χ4n) is 3.33. The first-order valence-corrected chi connectivity index (χ1v) is 9.56. The van der Waals surface area contributed by atoms with Gasteiger partial charge in [-0.15, -0.1) is 0 Å². The lowest BCUT2D eigenvalue weighted by atomic mass is 9.93. The maximum atomic E-state index is 12.8. The van der Waals surface area contributed by atoms with Crippen LogP contribution in [0.5, 0.6) is 0 Å². The number of amides is 3. The Balaban J connectivity index is 1.63. The largest absolute Gasteiger partial charge is 0.416 e. The highest BCUT2D eigenvalue weighted by Crippen LogP contribution is 2.30. The number of hydrogen-bond acceptors (Lipinski definition) is 3. The van der Waals surface area contributed by atoms with E-state index in [4.69, 9.17) is 0 Å². The Morgan fingerprint density at radius 1 is 0.933 bits per heavy atom. The highest BCUT2D eigenvalue weighted by molar-refractivity contribution is 6.05. The molecule has 30 heavy (non-hydrogen) atoms. The zero-order chi connectivity index (χ0) is 21.7. The molecule has 4 N–H and O–H groups in total. The van der Waals surface area contributed by atoms with Gasteiger partial charge in [-0.05, 0) is 49.2 Å². The Labute approximate surface area is 171 Å². The van der Waals surface area contributed by atoms with Gasteiger partial charge in [-0.1, -0.05) is 25.0 Å². The summed E-state index contributed by atoms with van der Waals surface area (Å²) in [4.78, 5) is 24.6. The minimum atomic E-state index is -4.51. The maximum Gasteiger partial charge on any atom is 0.416 e. The second-order valence-corrected chi connectivity index (χ2v) is 7.17. The molecule has 1 fully saturated rings. The molecule has 3 amide bonds. The minimum Gasteiger partial charge on any atom is -0.391 e. The summed E-state index contributed by atoms with van der Waals surface area (Å²) in [5.41, 5.74) is -0.341. The van der Waals surface area contributed by atoms with Gasteiger partial charge in [-0.3, -0.25) is 4.79 Å². The van der Waals surface area contributed by atoms with Crippen molar-refractivity contribution in [3.8, 4) is 0 Å². The molecule has 2 aromatic carbocycles. The molecule has 0 radical (unpaired) electrons. The van der Waals surface area contributed by atoms with Crippen molar-refractivity contribution >= 4 is 23.3 Å². The highest BCUT2D eigenvalue weighted by atomic mass is 19.4. The Morgan fingerprint density at radius 3 is 2.30 bits per heavy atom. The Morgan fingerprint density at radius 2 is 1.60 bits per heavy atom. The average molecular weight is 421 g/mol. The van der Waals surface area contributed by atoms with E-state index in [0.29, 0.717) is 18.5 Å². The van der Waals surface area contributed by atoms with Crippen LogP contribution in [0.2, 0.25) is 0 Å². The summed E-state index contributed by atoms with van der Waals surface area (Å²) in [5.74, 6) is -0.610. The zero-order valence-corrected chi connectivity index (χ0v) is 16.0. The predicted molar refractivity (Wildman–Crippen MR) is 106 cm³/mol. The van der Waals surface area contributed by atoms with Gasteiger partial charge in [-0.2, -0.15) is 13.2 Å². The third-order valence-electron chi connectivity index (χ3n) is 4.88. The molecule has 0 aliphatic heterocycles. The highest BCUT2D eigenvalue weighted by Gasteiger charge is 2.30. The van der Waals surface area contributed by atoms with E-state index in [1.807, 2.05) is 0 Å². The summed E-state index contributed by atoms with van der Waals surface area (Å²) in [6.45, 7) is 0. The summed E-state index contributed by atoms with van der Waals surface area (Å²) in [7, 11) is 0. The van der Waals surface area contributed by atoms with E-state index in [0.717, 1.165) is 25.0 Å². The molecular formula is C21H22F3N3O3. The number of aliphatic hydroxyl groups is 1. The van der Waals surface area contributed by atoms with Crippen LogP contribution in [0.15, 0.2) is 48.5 Å². The van der Waals surface area contributed by atoms with Crippen LogP contribution >= 0.6 is 0 Å². The molecule has 2 atom stereocenters. The smallest absolute Gasteiger partial charge is 0.391 e. The Kier molecular flexibility index (Phi) is 6.61. The molecule has 9 heteroatoms. The van der Waals surface area contributed by atoms with Crippen molar-refractivity contribution < 1.29 is 27.9 Å². The van der Waals surface area contributed by atoms with Crippen LogP contribution in [0.4, 0.5) is 29.3 Å². The van der Waals surface area contributed by atoms with Gasteiger partial charge in [0.25, 0.3) is 5.91 Å². The molecule has 1 saturated carbocycles. The van der Waals surface area contributed by atoms with E-state index in [1.165, 1.54) is 24.3 Å². The second-order valence-electron chi connectivity index (χ2n) is 7.17. The van der Waals surface area contributed by atoms with Crippen LogP contribution in [-0.4, -0.2) is 29.2 Å². The summed E-state index contributed by atoms with van der Waals surface area (Å²) in [6, 6.07) is 9.53. The van der Waals surface area contributed by atoms with Gasteiger partial charge in [-0.25, -0.2) is 4.79 Å². The average Bonchev–Trinajstić information content (AvgIpc) is 2.69. The van der Waals surface area contributed by atoms with Crippen LogP contribution in [0.25, 0.3) is 0 Å². The molecule has 0 spiro atoms. The lowest BCUT2D eigenvalue weighted by Gasteiger charge is -2.28. The van der Waals surface area contributed by atoms with Gasteiger partial charge in [0.15, 0.2) is 0 Å². The van der Waals surface area contributed by atoms with Crippen LogP contribution in [0.3, 0.4) is 0 Å². The van der Waals surface area contributed by atoms with Crippen molar-refractivity contribution in [2.75, 3.05) is 10.6 Å². The number of rotatable bonds is 4. The lowest BCUT2D eigenvalue weighted by Crippen LogP contribution is -2.46. The standard InChI is InChI=1S/C21H22F3N3O3/c22-21(23,24)14-6-4-8-16(12-14)25-19(29)13-5-3-7-15(11-13)26-20(30)27-17-9-1-2-10-18(17)28/h3-8,11-12,17-18,28H,1-2,9-10H2,(H,25,29)(H2,26,27,30). The van der Waals surface area contributed by atoms with Crippen molar-refractivity contribution in [2.45, 2.75) is 44.0 Å². The lowest BCUT2D eigenvalue weighted by molar-refractivity contribution is -0.137. The predicted octanol–water partition coefficient (Wildman–Crippen LogP) is 4.38. The molecule has 3 rings (SSSR count). The number of benzene rings is 2. The van der Waals surface area contributed by atoms with Gasteiger partial charge in [0.2, 0.25) is 0 Å². The molecule has 0 aromatic heterocycles. The summed E-state index contributed by atoms with van der Waals surface area (Å²) in [6.07, 6.45) is -1.93. The van der Waals surface area contributed by atoms with Crippen LogP contribution in [-0.2, 0) is 6.18 Å². The van der Waals surface area contributed by atoms with E-state index in [-0.39, 0.29) is 17.3 Å². The quantitative estimate of drug-likeness (QED) is 0.591. The zero-order valence-electron chi connectivity index (χ0n) is 16.0. The summed E-state index contributed by atoms with van der Waals surface area (Å²) in [5, 5.41) is 17.7. The molecule has 6 nitrogen and oxygen atoms in total. The first-order valence-electron chi connectivity index (χ1n) is 9.56. The number of halogens is 3. The number of hydrogen-bond donors (Lipinski definition) is 4. The van der Waals surface area contributed by atoms with E-state index < -0.39 is 29.8 Å². The van der Waals surface area contributed by atoms with E-state index >= 15 is 0 Å². The number of urea groups is 1. The van der Waals surface area contributed by atoms with Gasteiger partial charge in [0.05, 0.1) is 17.7 Å². The van der Waals surface area contributed by atoms with E-state index in [2.05, 4.69) is 16.0 Å². The maximum absolute atomic E-state index is 12.8. The first-order chi connectivity index (χ1) is 14.2. The number of nitrogens with one attached hydrogen (secondary N) is 3. The number of carbonyl (C=O) groups excluding carboxylic acids is 2. The molecule has 1 aliphatic rings. The SMILES string of the molecule is O=C(Nc1cccc(C(=O)Nc2cccc(C(F)(F)F)c2)c1)NC1CCCCC1O.